The minimum Gasteiger partial charge on any atom is -0.496 e. The molecule has 1 aromatic carbocycles. The van der Waals surface area contributed by atoms with E-state index in [1.165, 1.54) is 11.5 Å². The van der Waals surface area contributed by atoms with Crippen LogP contribution in [0.5, 0.6) is 5.75 Å². The van der Waals surface area contributed by atoms with Gasteiger partial charge in [-0.3, -0.25) is 0 Å². The van der Waals surface area contributed by atoms with Crippen molar-refractivity contribution in [1.82, 2.24) is 9.36 Å². The summed E-state index contributed by atoms with van der Waals surface area (Å²) in [6.45, 7) is 0. The Balaban J connectivity index is 2.50. The summed E-state index contributed by atoms with van der Waals surface area (Å²) in [5, 5.41) is 0. The first-order chi connectivity index (χ1) is 6.81. The zero-order valence-corrected chi connectivity index (χ0v) is 10.4. The van der Waals surface area contributed by atoms with Crippen LogP contribution in [-0.2, 0) is 0 Å². The molecule has 0 saturated carbocycles. The van der Waals surface area contributed by atoms with Crippen molar-refractivity contribution >= 4 is 34.1 Å². The van der Waals surface area contributed by atoms with Gasteiger partial charge in [0.05, 0.1) is 12.7 Å². The van der Waals surface area contributed by atoms with Crippen molar-refractivity contribution in [1.29, 1.82) is 0 Å². The molecule has 0 bridgehead atoms. The van der Waals surface area contributed by atoms with Gasteiger partial charge in [-0.15, -0.1) is 0 Å². The van der Waals surface area contributed by atoms with Crippen LogP contribution in [0.15, 0.2) is 24.3 Å². The third kappa shape index (κ3) is 1.88. The van der Waals surface area contributed by atoms with Crippen LogP contribution in [0.4, 0.5) is 0 Å². The lowest BCUT2D eigenvalue weighted by molar-refractivity contribution is 0.416. The van der Waals surface area contributed by atoms with E-state index >= 15 is 0 Å². The van der Waals surface area contributed by atoms with Crippen molar-refractivity contribution in [2.45, 2.75) is 0 Å². The molecule has 14 heavy (non-hydrogen) atoms. The maximum Gasteiger partial charge on any atom is 0.177 e. The summed E-state index contributed by atoms with van der Waals surface area (Å²) in [4.78, 5) is 4.30. The molecule has 2 rings (SSSR count). The molecule has 72 valence electrons. The van der Waals surface area contributed by atoms with Crippen LogP contribution < -0.4 is 4.74 Å². The van der Waals surface area contributed by atoms with Gasteiger partial charge in [-0.05, 0) is 46.3 Å². The topological polar surface area (TPSA) is 35.0 Å². The monoisotopic (exact) mass is 318 g/mol. The first-order valence-corrected chi connectivity index (χ1v) is 5.79. The van der Waals surface area contributed by atoms with Crippen LogP contribution in [0.25, 0.3) is 11.4 Å². The number of rotatable bonds is 2. The number of hydrogen-bond acceptors (Lipinski definition) is 4. The van der Waals surface area contributed by atoms with Gasteiger partial charge < -0.3 is 4.74 Å². The Morgan fingerprint density at radius 3 is 2.79 bits per heavy atom. The van der Waals surface area contributed by atoms with Crippen molar-refractivity contribution in [3.63, 3.8) is 0 Å². The summed E-state index contributed by atoms with van der Waals surface area (Å²) in [5.41, 5.74) is 0.939. The summed E-state index contributed by atoms with van der Waals surface area (Å²) in [6.07, 6.45) is 0. The molecule has 0 aliphatic rings. The van der Waals surface area contributed by atoms with Gasteiger partial charge in [-0.1, -0.05) is 12.1 Å². The lowest BCUT2D eigenvalue weighted by Gasteiger charge is -2.03. The van der Waals surface area contributed by atoms with E-state index in [1.54, 1.807) is 7.11 Å². The fourth-order valence-electron chi connectivity index (χ4n) is 1.14. The quantitative estimate of drug-likeness (QED) is 0.799. The molecule has 1 aromatic heterocycles. The lowest BCUT2D eigenvalue weighted by atomic mass is 10.2. The van der Waals surface area contributed by atoms with Crippen molar-refractivity contribution in [2.24, 2.45) is 0 Å². The number of hydrogen-bond donors (Lipinski definition) is 0. The molecular formula is C9H7IN2OS. The van der Waals surface area contributed by atoms with Gasteiger partial charge in [-0.25, -0.2) is 4.98 Å². The Bertz CT molecular complexity index is 444. The summed E-state index contributed by atoms with van der Waals surface area (Å²) < 4.78 is 10.4. The molecule has 2 aromatic rings. The minimum atomic E-state index is 0.733. The van der Waals surface area contributed by atoms with E-state index in [9.17, 15) is 0 Å². The first-order valence-electron chi connectivity index (χ1n) is 3.94. The number of methoxy groups -OCH3 is 1. The van der Waals surface area contributed by atoms with Crippen molar-refractivity contribution < 1.29 is 4.74 Å². The highest BCUT2D eigenvalue weighted by Gasteiger charge is 2.09. The van der Waals surface area contributed by atoms with Gasteiger partial charge in [0.1, 0.15) is 5.75 Å². The Labute approximate surface area is 99.4 Å². The molecule has 0 N–H and O–H groups in total. The van der Waals surface area contributed by atoms with Crippen LogP contribution in [0.1, 0.15) is 0 Å². The second-order valence-corrected chi connectivity index (χ2v) is 5.08. The Morgan fingerprint density at radius 2 is 2.14 bits per heavy atom. The summed E-state index contributed by atoms with van der Waals surface area (Å²) >= 11 is 3.54. The van der Waals surface area contributed by atoms with E-state index in [1.807, 2.05) is 24.3 Å². The zero-order valence-electron chi connectivity index (χ0n) is 7.40. The molecule has 0 saturated heterocycles. The Kier molecular flexibility index (Phi) is 2.97. The van der Waals surface area contributed by atoms with E-state index in [4.69, 9.17) is 4.74 Å². The Hall–Kier alpha value is -0.690. The van der Waals surface area contributed by atoms with Crippen LogP contribution in [0.2, 0.25) is 0 Å². The molecule has 0 atom stereocenters. The third-order valence-electron chi connectivity index (χ3n) is 1.75. The highest BCUT2D eigenvalue weighted by atomic mass is 127. The standard InChI is InChI=1S/C9H7IN2OS/c1-13-7-5-3-2-4-6(7)8-11-9(10)14-12-8/h2-5H,1H3. The van der Waals surface area contributed by atoms with Crippen molar-refractivity contribution in [3.05, 3.63) is 27.3 Å². The summed E-state index contributed by atoms with van der Waals surface area (Å²) in [5.74, 6) is 1.54. The van der Waals surface area contributed by atoms with Gasteiger partial charge in [0.25, 0.3) is 0 Å². The van der Waals surface area contributed by atoms with Crippen LogP contribution in [-0.4, -0.2) is 16.5 Å². The van der Waals surface area contributed by atoms with Crippen LogP contribution in [0.3, 0.4) is 0 Å². The highest BCUT2D eigenvalue weighted by Crippen LogP contribution is 2.28. The summed E-state index contributed by atoms with van der Waals surface area (Å²) in [7, 11) is 1.65. The molecule has 0 radical (unpaired) electrons. The first kappa shape index (κ1) is 9.85. The lowest BCUT2D eigenvalue weighted by Crippen LogP contribution is -1.88. The van der Waals surface area contributed by atoms with E-state index < -0.39 is 0 Å². The predicted octanol–water partition coefficient (Wildman–Crippen LogP) is 2.82. The maximum absolute atomic E-state index is 5.23. The predicted molar refractivity (Wildman–Crippen MR) is 64.6 cm³/mol. The molecular weight excluding hydrogens is 311 g/mol. The van der Waals surface area contributed by atoms with Gasteiger partial charge in [0.2, 0.25) is 0 Å². The zero-order chi connectivity index (χ0) is 9.97. The second kappa shape index (κ2) is 4.22. The molecule has 0 amide bonds. The number of aromatic nitrogens is 2. The number of para-hydroxylation sites is 1. The highest BCUT2D eigenvalue weighted by molar-refractivity contribution is 14.1. The van der Waals surface area contributed by atoms with E-state index in [0.717, 1.165) is 20.2 Å². The molecule has 0 aliphatic carbocycles. The minimum absolute atomic E-state index is 0.733. The van der Waals surface area contributed by atoms with E-state index in [0.29, 0.717) is 0 Å². The molecule has 3 nitrogen and oxygen atoms in total. The molecule has 0 fully saturated rings. The molecule has 1 heterocycles. The van der Waals surface area contributed by atoms with E-state index in [2.05, 4.69) is 31.9 Å². The van der Waals surface area contributed by atoms with Gasteiger partial charge >= 0.3 is 0 Å². The van der Waals surface area contributed by atoms with Crippen LogP contribution in [0, 0.1) is 3.01 Å². The van der Waals surface area contributed by atoms with Crippen LogP contribution >= 0.6 is 34.1 Å². The van der Waals surface area contributed by atoms with Crippen molar-refractivity contribution in [3.8, 4) is 17.1 Å². The largest absolute Gasteiger partial charge is 0.496 e. The summed E-state index contributed by atoms with van der Waals surface area (Å²) in [6, 6.07) is 7.74. The number of nitrogens with zero attached hydrogens (tertiary/aromatic N) is 2. The third-order valence-corrected chi connectivity index (χ3v) is 3.09. The Morgan fingerprint density at radius 1 is 1.36 bits per heavy atom. The maximum atomic E-state index is 5.23. The number of benzene rings is 1. The smallest absolute Gasteiger partial charge is 0.177 e. The fourth-order valence-corrected chi connectivity index (χ4v) is 2.10. The van der Waals surface area contributed by atoms with Gasteiger partial charge in [0.15, 0.2) is 8.84 Å². The molecule has 0 aliphatic heterocycles. The normalized spacial score (nSPS) is 10.1. The molecule has 0 spiro atoms. The number of ether oxygens (including phenoxy) is 1. The SMILES string of the molecule is COc1ccccc1-c1nsc(I)n1. The van der Waals surface area contributed by atoms with Gasteiger partial charge in [-0.2, -0.15) is 4.37 Å². The molecule has 0 unspecified atom stereocenters. The average molecular weight is 318 g/mol. The second-order valence-electron chi connectivity index (χ2n) is 2.57. The van der Waals surface area contributed by atoms with E-state index in [-0.39, 0.29) is 0 Å². The van der Waals surface area contributed by atoms with Crippen molar-refractivity contribution in [2.75, 3.05) is 7.11 Å². The average Bonchev–Trinajstić information content (AvgIpc) is 2.65. The molecule has 5 heteroatoms. The number of halogens is 1. The fraction of sp³-hybridized carbons (Fsp3) is 0.111. The van der Waals surface area contributed by atoms with Gasteiger partial charge in [0, 0.05) is 0 Å².